The van der Waals surface area contributed by atoms with Crippen LogP contribution in [0.5, 0.6) is 17.4 Å². The molecular weight excluding hydrogens is 729 g/mol. The van der Waals surface area contributed by atoms with Crippen molar-refractivity contribution in [2.75, 3.05) is 20.8 Å². The summed E-state index contributed by atoms with van der Waals surface area (Å²) in [6.07, 6.45) is 1.88. The normalized spacial score (nSPS) is 30.1. The standard InChI is InChI=1S/C36H46FN5O11S/c1-6-26-30(39-34(46)47)32(44)42-18-21(53-27-16-29(51-5)38-24-15-28(50-4)23(37)14-22(24)27)13-25(42)31(43)40-36(17-20(36)10-8-7-9-19(2)52-26)33(45)41-54(48,49)35(3)11-12-35/h8,10,14-16,19-21,25-26,30,39H,6-7,9,11-13,17-18H2,1-5H3,(H,40,43)(H,41,45)(H,46,47)/b10-8-/t19-,20-,21-,25+,26+,30+,36-/m1/s1. The maximum Gasteiger partial charge on any atom is 0.405 e. The van der Waals surface area contributed by atoms with E-state index in [4.69, 9.17) is 18.9 Å². The van der Waals surface area contributed by atoms with Crippen molar-refractivity contribution in [2.45, 2.75) is 106 Å². The van der Waals surface area contributed by atoms with Crippen LogP contribution in [0.2, 0.25) is 0 Å². The van der Waals surface area contributed by atoms with Crippen molar-refractivity contribution >= 4 is 44.7 Å². The molecule has 2 aliphatic carbocycles. The van der Waals surface area contributed by atoms with Crippen molar-refractivity contribution in [2.24, 2.45) is 5.92 Å². The van der Waals surface area contributed by atoms with Crippen molar-refractivity contribution in [3.05, 3.63) is 36.2 Å². The summed E-state index contributed by atoms with van der Waals surface area (Å²) in [6.45, 7) is 4.87. The molecule has 2 saturated carbocycles. The fourth-order valence-electron chi connectivity index (χ4n) is 7.15. The van der Waals surface area contributed by atoms with Crippen LogP contribution in [0.1, 0.15) is 65.7 Å². The van der Waals surface area contributed by atoms with Gasteiger partial charge in [-0.1, -0.05) is 19.1 Å². The van der Waals surface area contributed by atoms with Gasteiger partial charge in [0.2, 0.25) is 27.7 Å². The number of sulfonamides is 1. The predicted molar refractivity (Wildman–Crippen MR) is 191 cm³/mol. The molecule has 4 aliphatic rings. The Labute approximate surface area is 312 Å². The highest BCUT2D eigenvalue weighted by molar-refractivity contribution is 7.91. The summed E-state index contributed by atoms with van der Waals surface area (Å²) in [6, 6.07) is 1.25. The van der Waals surface area contributed by atoms with E-state index >= 15 is 0 Å². The topological polar surface area (TPSA) is 212 Å². The van der Waals surface area contributed by atoms with E-state index in [9.17, 15) is 37.1 Å². The van der Waals surface area contributed by atoms with Crippen LogP contribution in [0.25, 0.3) is 10.9 Å². The zero-order valence-electron chi connectivity index (χ0n) is 30.7. The van der Waals surface area contributed by atoms with Crippen LogP contribution in [0.3, 0.4) is 0 Å². The second kappa shape index (κ2) is 14.8. The van der Waals surface area contributed by atoms with Crippen molar-refractivity contribution in [3.63, 3.8) is 0 Å². The van der Waals surface area contributed by atoms with Crippen LogP contribution in [0.15, 0.2) is 30.4 Å². The second-order valence-corrected chi connectivity index (χ2v) is 16.8. The molecule has 0 unspecified atom stereocenters. The zero-order valence-corrected chi connectivity index (χ0v) is 31.5. The number of nitrogens with zero attached hydrogens (tertiary/aromatic N) is 2. The lowest BCUT2D eigenvalue weighted by Gasteiger charge is -2.33. The highest BCUT2D eigenvalue weighted by Crippen LogP contribution is 2.47. The van der Waals surface area contributed by atoms with Crippen molar-refractivity contribution in [1.82, 2.24) is 25.2 Å². The van der Waals surface area contributed by atoms with Gasteiger partial charge in [0.05, 0.1) is 43.2 Å². The summed E-state index contributed by atoms with van der Waals surface area (Å²) < 4.78 is 65.3. The van der Waals surface area contributed by atoms with E-state index in [0.29, 0.717) is 25.7 Å². The second-order valence-electron chi connectivity index (χ2n) is 14.6. The van der Waals surface area contributed by atoms with Crippen LogP contribution in [-0.2, 0) is 29.1 Å². The highest BCUT2D eigenvalue weighted by Gasteiger charge is 2.63. The van der Waals surface area contributed by atoms with Gasteiger partial charge in [0.1, 0.15) is 29.5 Å². The minimum Gasteiger partial charge on any atom is -0.494 e. The van der Waals surface area contributed by atoms with E-state index in [2.05, 4.69) is 20.3 Å². The van der Waals surface area contributed by atoms with E-state index in [1.54, 1.807) is 26.8 Å². The van der Waals surface area contributed by atoms with Gasteiger partial charge in [-0.2, -0.15) is 0 Å². The maximum atomic E-state index is 14.9. The van der Waals surface area contributed by atoms with Gasteiger partial charge in [0.25, 0.3) is 5.91 Å². The van der Waals surface area contributed by atoms with Gasteiger partial charge < -0.3 is 39.6 Å². The average Bonchev–Trinajstić information content (AvgIpc) is 4.00. The lowest BCUT2D eigenvalue weighted by molar-refractivity contribution is -0.145. The number of benzene rings is 1. The number of hydrogen-bond acceptors (Lipinski definition) is 11. The number of aromatic nitrogens is 1. The van der Waals surface area contributed by atoms with Crippen molar-refractivity contribution < 1.29 is 56.0 Å². The molecule has 4 N–H and O–H groups in total. The summed E-state index contributed by atoms with van der Waals surface area (Å²) in [5.74, 6) is -3.45. The molecule has 2 aliphatic heterocycles. The minimum absolute atomic E-state index is 0.0625. The van der Waals surface area contributed by atoms with Gasteiger partial charge in [0, 0.05) is 29.9 Å². The van der Waals surface area contributed by atoms with Crippen LogP contribution in [-0.4, -0.2) is 109 Å². The van der Waals surface area contributed by atoms with E-state index in [0.717, 1.165) is 0 Å². The predicted octanol–water partition coefficient (Wildman–Crippen LogP) is 2.78. The SMILES string of the molecule is CC[C@@H]1O[C@H](C)CC/C=C\[C@@H]2C[C@@]2(C(=O)NS(=O)(=O)C2(C)CC2)NC(=O)[C@@H]2C[C@@H](Oc3cc(OC)nc4cc(OC)c(F)cc34)CN2C(=O)[C@H]1NC(=O)O. The molecular formula is C36H46FN5O11S. The molecule has 0 spiro atoms. The number of fused-ring (bicyclic) bond motifs is 3. The molecule has 3 heterocycles. The van der Waals surface area contributed by atoms with Gasteiger partial charge in [-0.25, -0.2) is 22.6 Å². The lowest BCUT2D eigenvalue weighted by atomic mass is 10.0. The van der Waals surface area contributed by atoms with E-state index in [-0.39, 0.29) is 54.1 Å². The van der Waals surface area contributed by atoms with Crippen molar-refractivity contribution in [1.29, 1.82) is 0 Å². The molecule has 0 bridgehead atoms. The number of amides is 4. The Hall–Kier alpha value is -4.71. The van der Waals surface area contributed by atoms with Gasteiger partial charge in [-0.3, -0.25) is 19.1 Å². The molecule has 294 valence electrons. The number of carboxylic acid groups (broad SMARTS) is 1. The number of rotatable bonds is 9. The number of pyridine rings is 1. The Kier molecular flexibility index (Phi) is 10.7. The molecule has 1 saturated heterocycles. The van der Waals surface area contributed by atoms with Crippen molar-refractivity contribution in [3.8, 4) is 17.4 Å². The number of methoxy groups -OCH3 is 2. The first-order chi connectivity index (χ1) is 25.5. The monoisotopic (exact) mass is 775 g/mol. The van der Waals surface area contributed by atoms with Crippen LogP contribution < -0.4 is 29.6 Å². The first-order valence-electron chi connectivity index (χ1n) is 17.9. The highest BCUT2D eigenvalue weighted by atomic mass is 32.2. The van der Waals surface area contributed by atoms with Gasteiger partial charge in [-0.15, -0.1) is 0 Å². The molecule has 54 heavy (non-hydrogen) atoms. The Morgan fingerprint density at radius 2 is 1.91 bits per heavy atom. The van der Waals surface area contributed by atoms with Crippen LogP contribution >= 0.6 is 0 Å². The van der Waals surface area contributed by atoms with Crippen LogP contribution in [0.4, 0.5) is 9.18 Å². The molecule has 1 aromatic heterocycles. The number of halogens is 1. The average molecular weight is 776 g/mol. The third-order valence-corrected chi connectivity index (χ3v) is 13.0. The van der Waals surface area contributed by atoms with E-state index in [1.165, 1.54) is 37.3 Å². The molecule has 2 aromatic rings. The summed E-state index contributed by atoms with van der Waals surface area (Å²) in [7, 11) is -1.36. The number of allylic oxidation sites excluding steroid dienone is 1. The van der Waals surface area contributed by atoms with Gasteiger partial charge in [0.15, 0.2) is 11.6 Å². The maximum absolute atomic E-state index is 14.9. The number of nitrogens with one attached hydrogen (secondary N) is 3. The first-order valence-corrected chi connectivity index (χ1v) is 19.4. The Morgan fingerprint density at radius 1 is 1.17 bits per heavy atom. The smallest absolute Gasteiger partial charge is 0.405 e. The summed E-state index contributed by atoms with van der Waals surface area (Å²) in [5, 5.41) is 15.1. The number of hydrogen-bond donors (Lipinski definition) is 4. The Bertz CT molecular complexity index is 1970. The van der Waals surface area contributed by atoms with Gasteiger partial charge >= 0.3 is 6.09 Å². The van der Waals surface area contributed by atoms with E-state index < -0.39 is 86.3 Å². The quantitative estimate of drug-likeness (QED) is 0.271. The fraction of sp³-hybridized carbons (Fsp3) is 0.583. The first kappa shape index (κ1) is 39.0. The molecule has 0 radical (unpaired) electrons. The fourth-order valence-corrected chi connectivity index (χ4v) is 8.46. The molecule has 1 aromatic carbocycles. The molecule has 3 fully saturated rings. The Balaban J connectivity index is 1.38. The number of ether oxygens (including phenoxy) is 4. The van der Waals surface area contributed by atoms with Gasteiger partial charge in [-0.05, 0) is 58.4 Å². The van der Waals surface area contributed by atoms with Crippen LogP contribution in [0, 0.1) is 11.7 Å². The third-order valence-electron chi connectivity index (χ3n) is 10.8. The molecule has 7 atom stereocenters. The van der Waals surface area contributed by atoms with E-state index in [1.807, 2.05) is 6.08 Å². The molecule has 4 amide bonds. The lowest BCUT2D eigenvalue weighted by Crippen LogP contribution is -2.60. The summed E-state index contributed by atoms with van der Waals surface area (Å²) in [5.41, 5.74) is -1.35. The largest absolute Gasteiger partial charge is 0.494 e. The summed E-state index contributed by atoms with van der Waals surface area (Å²) >= 11 is 0. The molecule has 16 nitrogen and oxygen atoms in total. The number of carbonyl (C=O) groups excluding carboxylic acids is 3. The zero-order chi connectivity index (χ0) is 39.2. The number of carbonyl (C=O) groups is 4. The minimum atomic E-state index is -4.06. The molecule has 18 heteroatoms. The summed E-state index contributed by atoms with van der Waals surface area (Å²) in [4.78, 5) is 60.3. The third kappa shape index (κ3) is 7.62. The molecule has 6 rings (SSSR count). The Morgan fingerprint density at radius 3 is 2.56 bits per heavy atom.